The van der Waals surface area contributed by atoms with Crippen molar-refractivity contribution in [2.45, 2.75) is 6.54 Å². The second-order valence-corrected chi connectivity index (χ2v) is 6.95. The van der Waals surface area contributed by atoms with Gasteiger partial charge in [-0.3, -0.25) is 9.20 Å². The van der Waals surface area contributed by atoms with Crippen LogP contribution < -0.4 is 4.74 Å². The van der Waals surface area contributed by atoms with Crippen molar-refractivity contribution in [1.82, 2.24) is 24.3 Å². The van der Waals surface area contributed by atoms with Gasteiger partial charge in [0.15, 0.2) is 16.5 Å². The average Bonchev–Trinajstić information content (AvgIpc) is 3.29. The standard InChI is InChI=1S/C19H16FN5O2S/c1-24(8-13-5-6-21-11-22-13)18(26)16-10-28-19-23-15(9-25(16)19)12-3-4-17(27-2)14(20)7-12/h3-7,9-11H,8H2,1-2H3. The minimum atomic E-state index is -0.461. The zero-order chi connectivity index (χ0) is 19.7. The van der Waals surface area contributed by atoms with Gasteiger partial charge >= 0.3 is 0 Å². The van der Waals surface area contributed by atoms with Crippen LogP contribution in [0.2, 0.25) is 0 Å². The van der Waals surface area contributed by atoms with Gasteiger partial charge in [0.05, 0.1) is 25.0 Å². The smallest absolute Gasteiger partial charge is 0.271 e. The molecule has 0 radical (unpaired) electrons. The molecule has 1 amide bonds. The van der Waals surface area contributed by atoms with Gasteiger partial charge in [0.1, 0.15) is 12.0 Å². The summed E-state index contributed by atoms with van der Waals surface area (Å²) in [7, 11) is 3.13. The number of methoxy groups -OCH3 is 1. The van der Waals surface area contributed by atoms with Crippen molar-refractivity contribution in [3.05, 3.63) is 65.6 Å². The molecule has 0 unspecified atom stereocenters. The molecule has 0 aliphatic carbocycles. The number of hydrogen-bond donors (Lipinski definition) is 0. The van der Waals surface area contributed by atoms with E-state index in [-0.39, 0.29) is 11.7 Å². The fourth-order valence-electron chi connectivity index (χ4n) is 2.82. The molecule has 0 aliphatic heterocycles. The van der Waals surface area contributed by atoms with Gasteiger partial charge in [-0.25, -0.2) is 19.3 Å². The van der Waals surface area contributed by atoms with Crippen molar-refractivity contribution in [3.8, 4) is 17.0 Å². The summed E-state index contributed by atoms with van der Waals surface area (Å²) in [5, 5.41) is 1.76. The lowest BCUT2D eigenvalue weighted by Gasteiger charge is -2.15. The highest BCUT2D eigenvalue weighted by molar-refractivity contribution is 7.15. The summed E-state index contributed by atoms with van der Waals surface area (Å²) in [5.41, 5.74) is 2.43. The highest BCUT2D eigenvalue weighted by Crippen LogP contribution is 2.27. The molecule has 1 aromatic carbocycles. The lowest BCUT2D eigenvalue weighted by molar-refractivity contribution is 0.0777. The number of hydrogen-bond acceptors (Lipinski definition) is 6. The SMILES string of the molecule is COc1ccc(-c2cn3c(C(=O)N(C)Cc4ccncn4)csc3n2)cc1F. The molecule has 0 aliphatic rings. The number of rotatable bonds is 5. The topological polar surface area (TPSA) is 72.6 Å². The van der Waals surface area contributed by atoms with Crippen LogP contribution in [0.3, 0.4) is 0 Å². The summed E-state index contributed by atoms with van der Waals surface area (Å²) in [5.74, 6) is -0.445. The highest BCUT2D eigenvalue weighted by atomic mass is 32.1. The second-order valence-electron chi connectivity index (χ2n) is 6.11. The van der Waals surface area contributed by atoms with Crippen LogP contribution in [0.15, 0.2) is 48.4 Å². The van der Waals surface area contributed by atoms with E-state index < -0.39 is 5.82 Å². The lowest BCUT2D eigenvalue weighted by atomic mass is 10.1. The zero-order valence-electron chi connectivity index (χ0n) is 15.2. The van der Waals surface area contributed by atoms with Gasteiger partial charge in [-0.15, -0.1) is 11.3 Å². The molecule has 0 atom stereocenters. The first-order valence-corrected chi connectivity index (χ1v) is 9.25. The fourth-order valence-corrected chi connectivity index (χ4v) is 3.67. The number of carbonyl (C=O) groups excluding carboxylic acids is 1. The molecule has 4 rings (SSSR count). The van der Waals surface area contributed by atoms with Gasteiger partial charge in [-0.1, -0.05) is 0 Å². The number of ether oxygens (including phenoxy) is 1. The van der Waals surface area contributed by atoms with Crippen LogP contribution in [0, 0.1) is 5.82 Å². The number of imidazole rings is 1. The molecule has 0 saturated carbocycles. The average molecular weight is 397 g/mol. The van der Waals surface area contributed by atoms with Gasteiger partial charge in [0, 0.05) is 30.4 Å². The van der Waals surface area contributed by atoms with E-state index in [2.05, 4.69) is 15.0 Å². The maximum Gasteiger partial charge on any atom is 0.271 e. The minimum Gasteiger partial charge on any atom is -0.494 e. The normalized spacial score (nSPS) is 11.0. The number of benzene rings is 1. The highest BCUT2D eigenvalue weighted by Gasteiger charge is 2.19. The van der Waals surface area contributed by atoms with Crippen LogP contribution in [0.25, 0.3) is 16.2 Å². The lowest BCUT2D eigenvalue weighted by Crippen LogP contribution is -2.27. The zero-order valence-corrected chi connectivity index (χ0v) is 16.0. The monoisotopic (exact) mass is 397 g/mol. The number of nitrogens with zero attached hydrogens (tertiary/aromatic N) is 5. The molecule has 0 saturated heterocycles. The van der Waals surface area contributed by atoms with E-state index in [9.17, 15) is 9.18 Å². The Bertz CT molecular complexity index is 1140. The van der Waals surface area contributed by atoms with Crippen molar-refractivity contribution < 1.29 is 13.9 Å². The molecule has 9 heteroatoms. The Morgan fingerprint density at radius 2 is 2.21 bits per heavy atom. The number of fused-ring (bicyclic) bond motifs is 1. The molecule has 3 heterocycles. The second kappa shape index (κ2) is 7.35. The Labute approximate surface area is 164 Å². The summed E-state index contributed by atoms with van der Waals surface area (Å²) in [6, 6.07) is 6.42. The van der Waals surface area contributed by atoms with Crippen LogP contribution in [0.5, 0.6) is 5.75 Å². The van der Waals surface area contributed by atoms with Crippen molar-refractivity contribution in [2.75, 3.05) is 14.2 Å². The molecule has 142 valence electrons. The van der Waals surface area contributed by atoms with Crippen molar-refractivity contribution in [2.24, 2.45) is 0 Å². The van der Waals surface area contributed by atoms with Crippen molar-refractivity contribution in [3.63, 3.8) is 0 Å². The Balaban J connectivity index is 1.62. The Morgan fingerprint density at radius 1 is 1.36 bits per heavy atom. The summed E-state index contributed by atoms with van der Waals surface area (Å²) >= 11 is 1.35. The van der Waals surface area contributed by atoms with Crippen LogP contribution >= 0.6 is 11.3 Å². The third kappa shape index (κ3) is 3.31. The molecule has 7 nitrogen and oxygen atoms in total. The number of amides is 1. The molecular weight excluding hydrogens is 381 g/mol. The van der Waals surface area contributed by atoms with E-state index in [4.69, 9.17) is 4.74 Å². The number of halogens is 1. The molecule has 28 heavy (non-hydrogen) atoms. The van der Waals surface area contributed by atoms with Gasteiger partial charge in [0.2, 0.25) is 0 Å². The van der Waals surface area contributed by atoms with Crippen LogP contribution in [-0.4, -0.2) is 44.3 Å². The van der Waals surface area contributed by atoms with Crippen LogP contribution in [0.1, 0.15) is 16.2 Å². The van der Waals surface area contributed by atoms with Gasteiger partial charge < -0.3 is 9.64 Å². The predicted molar refractivity (Wildman–Crippen MR) is 103 cm³/mol. The maximum absolute atomic E-state index is 14.0. The number of aromatic nitrogens is 4. The van der Waals surface area contributed by atoms with Gasteiger partial charge in [-0.05, 0) is 24.3 Å². The number of thiazole rings is 1. The quantitative estimate of drug-likeness (QED) is 0.517. The van der Waals surface area contributed by atoms with E-state index in [1.54, 1.807) is 52.3 Å². The van der Waals surface area contributed by atoms with E-state index in [0.29, 0.717) is 28.5 Å². The van der Waals surface area contributed by atoms with Crippen LogP contribution in [-0.2, 0) is 6.54 Å². The van der Waals surface area contributed by atoms with Crippen molar-refractivity contribution in [1.29, 1.82) is 0 Å². The van der Waals surface area contributed by atoms with Gasteiger partial charge in [-0.2, -0.15) is 0 Å². The Kier molecular flexibility index (Phi) is 4.74. The molecule has 0 spiro atoms. The number of carbonyl (C=O) groups is 1. The van der Waals surface area contributed by atoms with Crippen LogP contribution in [0.4, 0.5) is 4.39 Å². The molecule has 4 aromatic rings. The predicted octanol–water partition coefficient (Wildman–Crippen LogP) is 3.27. The van der Waals surface area contributed by atoms with E-state index in [1.165, 1.54) is 30.8 Å². The molecule has 3 aromatic heterocycles. The largest absolute Gasteiger partial charge is 0.494 e. The maximum atomic E-state index is 14.0. The Hall–Kier alpha value is -3.33. The van der Waals surface area contributed by atoms with Crippen molar-refractivity contribution >= 4 is 22.2 Å². The first-order valence-electron chi connectivity index (χ1n) is 8.37. The summed E-state index contributed by atoms with van der Waals surface area (Å²) in [4.78, 5) is 27.6. The molecule has 0 bridgehead atoms. The first kappa shape index (κ1) is 18.1. The Morgan fingerprint density at radius 3 is 2.93 bits per heavy atom. The van der Waals surface area contributed by atoms with E-state index in [1.807, 2.05) is 0 Å². The minimum absolute atomic E-state index is 0.158. The van der Waals surface area contributed by atoms with E-state index in [0.717, 1.165) is 5.69 Å². The third-order valence-corrected chi connectivity index (χ3v) is 5.10. The summed E-state index contributed by atoms with van der Waals surface area (Å²) < 4.78 is 20.7. The molecule has 0 fully saturated rings. The fraction of sp³-hybridized carbons (Fsp3) is 0.158. The summed E-state index contributed by atoms with van der Waals surface area (Å²) in [6.07, 6.45) is 4.82. The third-order valence-electron chi connectivity index (χ3n) is 4.26. The first-order chi connectivity index (χ1) is 13.6. The van der Waals surface area contributed by atoms with E-state index >= 15 is 0 Å². The molecular formula is C19H16FN5O2S. The van der Waals surface area contributed by atoms with Gasteiger partial charge in [0.25, 0.3) is 5.91 Å². The molecule has 0 N–H and O–H groups in total. The summed E-state index contributed by atoms with van der Waals surface area (Å²) in [6.45, 7) is 0.365.